The van der Waals surface area contributed by atoms with Crippen LogP contribution in [0.1, 0.15) is 13.8 Å². The Bertz CT molecular complexity index is 404. The van der Waals surface area contributed by atoms with Crippen LogP contribution in [0.25, 0.3) is 0 Å². The van der Waals surface area contributed by atoms with Crippen molar-refractivity contribution >= 4 is 5.91 Å². The van der Waals surface area contributed by atoms with Gasteiger partial charge in [0.05, 0.1) is 20.2 Å². The van der Waals surface area contributed by atoms with Gasteiger partial charge in [0.25, 0.3) is 0 Å². The summed E-state index contributed by atoms with van der Waals surface area (Å²) >= 11 is 0. The fraction of sp³-hybridized carbons (Fsp3) is 0.533. The molecule has 0 saturated carbocycles. The molecule has 1 rings (SSSR count). The topological polar surface area (TPSA) is 50.8 Å². The van der Waals surface area contributed by atoms with Crippen LogP contribution in [0.2, 0.25) is 0 Å². The van der Waals surface area contributed by atoms with Gasteiger partial charge in [0.1, 0.15) is 18.1 Å². The maximum atomic E-state index is 11.8. The molecule has 0 radical (unpaired) electrons. The third kappa shape index (κ3) is 5.93. The van der Waals surface area contributed by atoms with Crippen molar-refractivity contribution in [1.29, 1.82) is 0 Å². The summed E-state index contributed by atoms with van der Waals surface area (Å²) in [6, 6.07) is 7.69. The average molecular weight is 280 g/mol. The Morgan fingerprint density at radius 1 is 1.25 bits per heavy atom. The molecule has 0 aromatic heterocycles. The zero-order valence-corrected chi connectivity index (χ0v) is 12.7. The van der Waals surface area contributed by atoms with Gasteiger partial charge in [0.15, 0.2) is 0 Å². The van der Waals surface area contributed by atoms with Gasteiger partial charge in [-0.25, -0.2) is 0 Å². The number of nitrogens with one attached hydrogen (secondary N) is 1. The Labute approximate surface area is 120 Å². The van der Waals surface area contributed by atoms with Gasteiger partial charge in [-0.1, -0.05) is 13.8 Å². The van der Waals surface area contributed by atoms with Gasteiger partial charge < -0.3 is 19.7 Å². The van der Waals surface area contributed by atoms with E-state index in [2.05, 4.69) is 5.32 Å². The third-order valence-electron chi connectivity index (χ3n) is 2.84. The molecule has 1 amide bonds. The molecule has 0 heterocycles. The highest BCUT2D eigenvalue weighted by molar-refractivity contribution is 5.77. The Morgan fingerprint density at radius 3 is 2.40 bits per heavy atom. The van der Waals surface area contributed by atoms with E-state index in [1.807, 2.05) is 38.1 Å². The van der Waals surface area contributed by atoms with E-state index in [0.29, 0.717) is 25.7 Å². The lowest BCUT2D eigenvalue weighted by atomic mass is 10.3. The second-order valence-electron chi connectivity index (χ2n) is 4.87. The molecule has 0 saturated heterocycles. The number of hydrogen-bond acceptors (Lipinski definition) is 4. The predicted molar refractivity (Wildman–Crippen MR) is 79.3 cm³/mol. The second kappa shape index (κ2) is 8.43. The lowest BCUT2D eigenvalue weighted by Gasteiger charge is -2.18. The average Bonchev–Trinajstić information content (AvgIpc) is 2.45. The first-order valence-corrected chi connectivity index (χ1v) is 6.77. The van der Waals surface area contributed by atoms with E-state index in [1.165, 1.54) is 0 Å². The number of carbonyl (C=O) groups is 1. The summed E-state index contributed by atoms with van der Waals surface area (Å²) in [5, 5.41) is 3.10. The first kappa shape index (κ1) is 16.3. The number of benzene rings is 1. The molecule has 1 N–H and O–H groups in total. The Kier molecular flexibility index (Phi) is 6.87. The van der Waals surface area contributed by atoms with E-state index < -0.39 is 0 Å². The van der Waals surface area contributed by atoms with Crippen molar-refractivity contribution in [3.63, 3.8) is 0 Å². The van der Waals surface area contributed by atoms with E-state index in [-0.39, 0.29) is 5.91 Å². The standard InChI is InChI=1S/C15H24N2O3/c1-12(2)16-11-15(18)17(3)9-10-20-14-7-5-13(19-4)6-8-14/h5-8,12,16H,9-11H2,1-4H3. The van der Waals surface area contributed by atoms with Gasteiger partial charge in [-0.05, 0) is 24.3 Å². The first-order valence-electron chi connectivity index (χ1n) is 6.77. The summed E-state index contributed by atoms with van der Waals surface area (Å²) < 4.78 is 10.7. The van der Waals surface area contributed by atoms with E-state index in [0.717, 1.165) is 11.5 Å². The molecule has 0 fully saturated rings. The molecule has 112 valence electrons. The van der Waals surface area contributed by atoms with Gasteiger partial charge in [-0.15, -0.1) is 0 Å². The third-order valence-corrected chi connectivity index (χ3v) is 2.84. The van der Waals surface area contributed by atoms with Crippen LogP contribution in [0.4, 0.5) is 0 Å². The number of hydrogen-bond donors (Lipinski definition) is 1. The van der Waals surface area contributed by atoms with Gasteiger partial charge in [-0.3, -0.25) is 4.79 Å². The number of rotatable bonds is 8. The first-order chi connectivity index (χ1) is 9.52. The summed E-state index contributed by atoms with van der Waals surface area (Å²) in [6.07, 6.45) is 0. The normalized spacial score (nSPS) is 10.4. The minimum atomic E-state index is 0.0667. The minimum Gasteiger partial charge on any atom is -0.497 e. The van der Waals surface area contributed by atoms with Crippen molar-refractivity contribution in [2.24, 2.45) is 0 Å². The number of likely N-dealkylation sites (N-methyl/N-ethyl adjacent to an activating group) is 1. The van der Waals surface area contributed by atoms with Gasteiger partial charge in [-0.2, -0.15) is 0 Å². The lowest BCUT2D eigenvalue weighted by molar-refractivity contribution is -0.129. The zero-order chi connectivity index (χ0) is 15.0. The van der Waals surface area contributed by atoms with E-state index in [1.54, 1.807) is 19.1 Å². The molecule has 0 aliphatic heterocycles. The quantitative estimate of drug-likeness (QED) is 0.784. The zero-order valence-electron chi connectivity index (χ0n) is 12.7. The maximum Gasteiger partial charge on any atom is 0.236 e. The molecular weight excluding hydrogens is 256 g/mol. The van der Waals surface area contributed by atoms with Crippen LogP contribution < -0.4 is 14.8 Å². The SMILES string of the molecule is COc1ccc(OCCN(C)C(=O)CNC(C)C)cc1. The molecule has 1 aromatic rings. The molecule has 1 aromatic carbocycles. The van der Waals surface area contributed by atoms with E-state index in [9.17, 15) is 4.79 Å². The van der Waals surface area contributed by atoms with Gasteiger partial charge in [0, 0.05) is 13.1 Å². The lowest BCUT2D eigenvalue weighted by Crippen LogP contribution is -2.39. The molecule has 5 heteroatoms. The molecule has 0 aliphatic carbocycles. The van der Waals surface area contributed by atoms with Crippen molar-refractivity contribution in [3.05, 3.63) is 24.3 Å². The molecule has 5 nitrogen and oxygen atoms in total. The Morgan fingerprint density at radius 2 is 1.85 bits per heavy atom. The minimum absolute atomic E-state index is 0.0667. The summed E-state index contributed by atoms with van der Waals surface area (Å²) in [5.74, 6) is 1.63. The molecule has 0 spiro atoms. The largest absolute Gasteiger partial charge is 0.497 e. The molecule has 0 bridgehead atoms. The highest BCUT2D eigenvalue weighted by atomic mass is 16.5. The van der Waals surface area contributed by atoms with E-state index in [4.69, 9.17) is 9.47 Å². The van der Waals surface area contributed by atoms with Crippen LogP contribution >= 0.6 is 0 Å². The molecular formula is C15H24N2O3. The summed E-state index contributed by atoms with van der Waals surface area (Å²) in [7, 11) is 3.41. The predicted octanol–water partition coefficient (Wildman–Crippen LogP) is 1.53. The van der Waals surface area contributed by atoms with Crippen LogP contribution in [0, 0.1) is 0 Å². The van der Waals surface area contributed by atoms with Crippen LogP contribution in [0.5, 0.6) is 11.5 Å². The number of ether oxygens (including phenoxy) is 2. The van der Waals surface area contributed by atoms with Crippen LogP contribution in [0.15, 0.2) is 24.3 Å². The fourth-order valence-corrected chi connectivity index (χ4v) is 1.52. The summed E-state index contributed by atoms with van der Waals surface area (Å²) in [5.41, 5.74) is 0. The molecule has 0 unspecified atom stereocenters. The number of carbonyl (C=O) groups excluding carboxylic acids is 1. The molecule has 0 atom stereocenters. The summed E-state index contributed by atoms with van der Waals surface area (Å²) in [4.78, 5) is 13.4. The van der Waals surface area contributed by atoms with Crippen molar-refractivity contribution in [2.75, 3.05) is 33.9 Å². The highest BCUT2D eigenvalue weighted by Crippen LogP contribution is 2.16. The van der Waals surface area contributed by atoms with Gasteiger partial charge in [0.2, 0.25) is 5.91 Å². The monoisotopic (exact) mass is 280 g/mol. The summed E-state index contributed by atoms with van der Waals surface area (Å²) in [6.45, 7) is 5.41. The number of methoxy groups -OCH3 is 1. The smallest absolute Gasteiger partial charge is 0.236 e. The second-order valence-corrected chi connectivity index (χ2v) is 4.87. The molecule has 20 heavy (non-hydrogen) atoms. The van der Waals surface area contributed by atoms with Crippen LogP contribution in [0.3, 0.4) is 0 Å². The van der Waals surface area contributed by atoms with Crippen LogP contribution in [-0.4, -0.2) is 50.7 Å². The van der Waals surface area contributed by atoms with Gasteiger partial charge >= 0.3 is 0 Å². The van der Waals surface area contributed by atoms with Crippen molar-refractivity contribution < 1.29 is 14.3 Å². The Balaban J connectivity index is 2.26. The Hall–Kier alpha value is -1.75. The number of nitrogens with zero attached hydrogens (tertiary/aromatic N) is 1. The van der Waals surface area contributed by atoms with Crippen molar-refractivity contribution in [2.45, 2.75) is 19.9 Å². The fourth-order valence-electron chi connectivity index (χ4n) is 1.52. The highest BCUT2D eigenvalue weighted by Gasteiger charge is 2.08. The van der Waals surface area contributed by atoms with Crippen molar-refractivity contribution in [3.8, 4) is 11.5 Å². The van der Waals surface area contributed by atoms with Crippen LogP contribution in [-0.2, 0) is 4.79 Å². The van der Waals surface area contributed by atoms with E-state index >= 15 is 0 Å². The number of amides is 1. The maximum absolute atomic E-state index is 11.8. The van der Waals surface area contributed by atoms with Crippen molar-refractivity contribution in [1.82, 2.24) is 10.2 Å². The molecule has 0 aliphatic rings.